The molecule has 0 radical (unpaired) electrons. The Hall–Kier alpha value is -5.24. The van der Waals surface area contributed by atoms with Crippen molar-refractivity contribution < 1.29 is 38.1 Å². The lowest BCUT2D eigenvalue weighted by Crippen LogP contribution is -2.09. The average molecular weight is 705 g/mol. The van der Waals surface area contributed by atoms with Crippen LogP contribution in [0.15, 0.2) is 48.5 Å². The van der Waals surface area contributed by atoms with E-state index in [0.29, 0.717) is 96.6 Å². The van der Waals surface area contributed by atoms with Gasteiger partial charge in [0.25, 0.3) is 0 Å². The molecule has 0 amide bonds. The van der Waals surface area contributed by atoms with E-state index >= 15 is 0 Å². The van der Waals surface area contributed by atoms with E-state index in [0.717, 1.165) is 44.5 Å². The van der Waals surface area contributed by atoms with Crippen molar-refractivity contribution in [3.63, 3.8) is 0 Å². The van der Waals surface area contributed by atoms with Gasteiger partial charge in [0.05, 0.1) is 28.4 Å². The second kappa shape index (κ2) is 16.4. The van der Waals surface area contributed by atoms with Crippen LogP contribution in [0.5, 0.6) is 23.0 Å². The summed E-state index contributed by atoms with van der Waals surface area (Å²) in [5, 5.41) is 0. The third kappa shape index (κ3) is 8.12. The molecule has 4 aromatic carbocycles. The van der Waals surface area contributed by atoms with Crippen LogP contribution >= 0.6 is 0 Å². The Kier molecular flexibility index (Phi) is 12.0. The third-order valence-corrected chi connectivity index (χ3v) is 9.96. The molecule has 0 heterocycles. The van der Waals surface area contributed by atoms with Crippen LogP contribution in [-0.4, -0.2) is 51.6 Å². The van der Waals surface area contributed by atoms with Gasteiger partial charge in [0.2, 0.25) is 0 Å². The molecule has 52 heavy (non-hydrogen) atoms. The van der Waals surface area contributed by atoms with E-state index in [-0.39, 0.29) is 23.1 Å². The highest BCUT2D eigenvalue weighted by Gasteiger charge is 2.22. The lowest BCUT2D eigenvalue weighted by atomic mass is 9.89. The first kappa shape index (κ1) is 38.0. The summed E-state index contributed by atoms with van der Waals surface area (Å²) < 4.78 is 24.1. The van der Waals surface area contributed by atoms with Crippen LogP contribution in [0, 0.1) is 0 Å². The average Bonchev–Trinajstić information content (AvgIpc) is 3.10. The van der Waals surface area contributed by atoms with Crippen molar-refractivity contribution in [1.29, 1.82) is 0 Å². The summed E-state index contributed by atoms with van der Waals surface area (Å²) in [6.07, 6.45) is 4.47. The van der Waals surface area contributed by atoms with E-state index in [1.54, 1.807) is 56.1 Å². The van der Waals surface area contributed by atoms with Gasteiger partial charge in [-0.25, -0.2) is 0 Å². The fourth-order valence-electron chi connectivity index (χ4n) is 7.50. The summed E-state index contributed by atoms with van der Waals surface area (Å²) in [6, 6.07) is 15.1. The number of carbonyl (C=O) groups excluding carboxylic acids is 4. The first-order valence-electron chi connectivity index (χ1n) is 17.7. The number of rotatable bonds is 8. The molecule has 0 saturated carbocycles. The molecule has 8 bridgehead atoms. The number of Topliss-reactive ketones (excluding diaryl/α,β-unsaturated/α-hetero) is 4. The second-order valence-electron chi connectivity index (χ2n) is 13.6. The highest BCUT2D eigenvalue weighted by molar-refractivity contribution is 5.96. The molecule has 1 aliphatic rings. The molecule has 0 aromatic heterocycles. The zero-order valence-corrected chi connectivity index (χ0v) is 31.5. The van der Waals surface area contributed by atoms with E-state index < -0.39 is 0 Å². The van der Waals surface area contributed by atoms with Crippen LogP contribution in [0.2, 0.25) is 0 Å². The lowest BCUT2D eigenvalue weighted by Gasteiger charge is -2.21. The highest BCUT2D eigenvalue weighted by atomic mass is 16.5. The fraction of sp³-hybridized carbons (Fsp3) is 0.364. The molecule has 0 N–H and O–H groups in total. The SMILES string of the molecule is COc1c2cc(C(C)=O)cc1Cc1cc(C(C)=O)cc(c1OC)CCCc1cc(C(C)=O)cc(c1OC)Cc1cc(C(C)=O)cc(c1OC)CCC2. The molecule has 0 atom stereocenters. The maximum absolute atomic E-state index is 12.8. The molecule has 272 valence electrons. The monoisotopic (exact) mass is 704 g/mol. The van der Waals surface area contributed by atoms with E-state index in [1.807, 2.05) is 48.5 Å². The molecule has 0 aliphatic heterocycles. The van der Waals surface area contributed by atoms with Crippen molar-refractivity contribution in [2.75, 3.05) is 28.4 Å². The summed E-state index contributed by atoms with van der Waals surface area (Å²) in [5.74, 6) is 2.52. The minimum atomic E-state index is -0.0585. The fourth-order valence-corrected chi connectivity index (χ4v) is 7.50. The molecule has 0 fully saturated rings. The number of fused-ring (bicyclic) bond motifs is 8. The number of methoxy groups -OCH3 is 4. The predicted octanol–water partition coefficient (Wildman–Crippen LogP) is 8.38. The van der Waals surface area contributed by atoms with E-state index in [9.17, 15) is 19.2 Å². The summed E-state index contributed by atoms with van der Waals surface area (Å²) in [7, 11) is 6.54. The van der Waals surface area contributed by atoms with Gasteiger partial charge < -0.3 is 18.9 Å². The van der Waals surface area contributed by atoms with Gasteiger partial charge in [0, 0.05) is 35.1 Å². The quantitative estimate of drug-likeness (QED) is 0.169. The third-order valence-electron chi connectivity index (χ3n) is 9.96. The Bertz CT molecular complexity index is 1760. The maximum Gasteiger partial charge on any atom is 0.159 e. The molecular formula is C44H48O8. The van der Waals surface area contributed by atoms with Crippen molar-refractivity contribution in [2.24, 2.45) is 0 Å². The van der Waals surface area contributed by atoms with Crippen LogP contribution in [0.3, 0.4) is 0 Å². The zero-order valence-electron chi connectivity index (χ0n) is 31.5. The second-order valence-corrected chi connectivity index (χ2v) is 13.6. The van der Waals surface area contributed by atoms with Crippen LogP contribution in [0.4, 0.5) is 0 Å². The van der Waals surface area contributed by atoms with Gasteiger partial charge in [-0.05, 0) is 159 Å². The van der Waals surface area contributed by atoms with E-state index in [4.69, 9.17) is 18.9 Å². The highest BCUT2D eigenvalue weighted by Crippen LogP contribution is 2.38. The first-order chi connectivity index (χ1) is 24.9. The van der Waals surface area contributed by atoms with Crippen molar-refractivity contribution in [2.45, 2.75) is 79.1 Å². The van der Waals surface area contributed by atoms with Crippen molar-refractivity contribution in [1.82, 2.24) is 0 Å². The van der Waals surface area contributed by atoms with Gasteiger partial charge in [0.1, 0.15) is 23.0 Å². The van der Waals surface area contributed by atoms with Crippen LogP contribution in [0.1, 0.15) is 126 Å². The predicted molar refractivity (Wildman–Crippen MR) is 202 cm³/mol. The van der Waals surface area contributed by atoms with Crippen LogP contribution < -0.4 is 18.9 Å². The van der Waals surface area contributed by atoms with Gasteiger partial charge in [-0.15, -0.1) is 0 Å². The summed E-state index contributed by atoms with van der Waals surface area (Å²) in [6.45, 7) is 6.21. The van der Waals surface area contributed by atoms with Gasteiger partial charge in [0.15, 0.2) is 23.1 Å². The van der Waals surface area contributed by atoms with Gasteiger partial charge in [-0.2, -0.15) is 0 Å². The minimum absolute atomic E-state index is 0.0585. The van der Waals surface area contributed by atoms with Gasteiger partial charge in [-0.1, -0.05) is 0 Å². The van der Waals surface area contributed by atoms with Crippen LogP contribution in [0.25, 0.3) is 0 Å². The number of hydrogen-bond acceptors (Lipinski definition) is 8. The number of ether oxygens (including phenoxy) is 4. The van der Waals surface area contributed by atoms with Crippen molar-refractivity contribution in [3.8, 4) is 23.0 Å². The smallest absolute Gasteiger partial charge is 0.159 e. The number of hydrogen-bond donors (Lipinski definition) is 0. The van der Waals surface area contributed by atoms with Crippen molar-refractivity contribution >= 4 is 23.1 Å². The van der Waals surface area contributed by atoms with E-state index in [2.05, 4.69) is 0 Å². The Labute approximate surface area is 306 Å². The molecule has 5 rings (SSSR count). The Balaban J connectivity index is 1.75. The lowest BCUT2D eigenvalue weighted by molar-refractivity contribution is 0.100. The Morgan fingerprint density at radius 1 is 0.365 bits per heavy atom. The normalized spacial score (nSPS) is 13.1. The minimum Gasteiger partial charge on any atom is -0.496 e. The summed E-state index contributed by atoms with van der Waals surface area (Å²) in [5.41, 5.74) is 9.15. The number of ketones is 4. The van der Waals surface area contributed by atoms with E-state index in [1.165, 1.54) is 0 Å². The molecular weight excluding hydrogens is 656 g/mol. The molecule has 0 spiro atoms. The molecule has 0 saturated heterocycles. The molecule has 8 nitrogen and oxygen atoms in total. The molecule has 4 aromatic rings. The first-order valence-corrected chi connectivity index (χ1v) is 17.7. The number of carbonyl (C=O) groups is 4. The van der Waals surface area contributed by atoms with Crippen LogP contribution in [-0.2, 0) is 38.5 Å². The standard InChI is InChI=1S/C44H48O8/c1-25(45)33-15-29-11-9-12-30-16-35(27(3)47)21-39(43(30)51-7)24-40-22-36(28(4)48)18-32(44(40)52-8)14-10-13-31-17-34(26(2)46)20-38(42(31)50-6)23-37(19-33)41(29)49-5/h15-22H,9-14,23-24H2,1-8H3. The molecule has 1 aliphatic carbocycles. The topological polar surface area (TPSA) is 105 Å². The van der Waals surface area contributed by atoms with Gasteiger partial charge >= 0.3 is 0 Å². The zero-order chi connectivity index (χ0) is 37.7. The largest absolute Gasteiger partial charge is 0.496 e. The number of benzene rings is 4. The Morgan fingerprint density at radius 3 is 0.731 bits per heavy atom. The summed E-state index contributed by atoms with van der Waals surface area (Å²) >= 11 is 0. The maximum atomic E-state index is 12.8. The van der Waals surface area contributed by atoms with Crippen molar-refractivity contribution in [3.05, 3.63) is 115 Å². The molecule has 0 unspecified atom stereocenters. The number of aryl methyl sites for hydroxylation is 4. The molecule has 8 heteroatoms. The summed E-state index contributed by atoms with van der Waals surface area (Å²) in [4.78, 5) is 51.2. The Morgan fingerprint density at radius 2 is 0.558 bits per heavy atom. The van der Waals surface area contributed by atoms with Gasteiger partial charge in [-0.3, -0.25) is 19.2 Å².